The summed E-state index contributed by atoms with van der Waals surface area (Å²) < 4.78 is 58.8. The number of nitrogens with zero attached hydrogens (tertiary/aromatic N) is 1. The van der Waals surface area contributed by atoms with Gasteiger partial charge in [0.25, 0.3) is 11.8 Å². The molecule has 0 aliphatic heterocycles. The Morgan fingerprint density at radius 1 is 1.07 bits per heavy atom. The maximum atomic E-state index is 12.8. The number of hydrogen-bond donors (Lipinski definition) is 2. The summed E-state index contributed by atoms with van der Waals surface area (Å²) in [5.74, 6) is -1.37. The number of carbonyl (C=O) groups excluding carboxylic acids is 2. The number of carbonyl (C=O) groups is 2. The molecular formula is C18H15F4N3O4. The van der Waals surface area contributed by atoms with Gasteiger partial charge in [-0.2, -0.15) is 22.7 Å². The predicted octanol–water partition coefficient (Wildman–Crippen LogP) is 2.55. The van der Waals surface area contributed by atoms with Crippen LogP contribution in [0.2, 0.25) is 0 Å². The van der Waals surface area contributed by atoms with Gasteiger partial charge < -0.3 is 15.2 Å². The highest BCUT2D eigenvalue weighted by atomic mass is 19.3. The third-order valence-electron chi connectivity index (χ3n) is 3.27. The zero-order valence-electron chi connectivity index (χ0n) is 14.7. The van der Waals surface area contributed by atoms with E-state index < -0.39 is 30.1 Å². The van der Waals surface area contributed by atoms with Crippen molar-refractivity contribution in [1.29, 1.82) is 0 Å². The second kappa shape index (κ2) is 9.53. The normalized spacial score (nSPS) is 11.5. The summed E-state index contributed by atoms with van der Waals surface area (Å²) in [7, 11) is 0. The average molecular weight is 413 g/mol. The summed E-state index contributed by atoms with van der Waals surface area (Å²) in [5, 5.41) is 3.74. The van der Waals surface area contributed by atoms with Gasteiger partial charge in [0.2, 0.25) is 0 Å². The maximum Gasteiger partial charge on any atom is 0.461 e. The molecule has 2 aromatic carbocycles. The van der Waals surface area contributed by atoms with Crippen LogP contribution < -0.4 is 20.6 Å². The van der Waals surface area contributed by atoms with Crippen LogP contribution in [0, 0.1) is 0 Å². The van der Waals surface area contributed by atoms with E-state index >= 15 is 0 Å². The Labute approximate surface area is 162 Å². The summed E-state index contributed by atoms with van der Waals surface area (Å²) in [6, 6.07) is 10.5. The van der Waals surface area contributed by atoms with E-state index in [0.717, 1.165) is 24.3 Å². The minimum Gasteiger partial charge on any atom is -0.484 e. The van der Waals surface area contributed by atoms with Crippen molar-refractivity contribution in [3.63, 3.8) is 0 Å². The van der Waals surface area contributed by atoms with E-state index in [2.05, 4.69) is 15.3 Å². The zero-order chi connectivity index (χ0) is 21.4. The number of alkyl halides is 4. The van der Waals surface area contributed by atoms with Crippen LogP contribution in [-0.4, -0.2) is 37.2 Å². The molecule has 3 N–H and O–H groups in total. The first-order valence-corrected chi connectivity index (χ1v) is 7.97. The molecule has 7 nitrogen and oxygen atoms in total. The first-order chi connectivity index (χ1) is 13.7. The highest BCUT2D eigenvalue weighted by Gasteiger charge is 2.43. The van der Waals surface area contributed by atoms with Crippen molar-refractivity contribution in [2.45, 2.75) is 12.5 Å². The van der Waals surface area contributed by atoms with Crippen molar-refractivity contribution < 1.29 is 36.6 Å². The van der Waals surface area contributed by atoms with E-state index in [4.69, 9.17) is 10.5 Å². The van der Waals surface area contributed by atoms with Crippen LogP contribution >= 0.6 is 0 Å². The summed E-state index contributed by atoms with van der Waals surface area (Å²) in [4.78, 5) is 22.6. The van der Waals surface area contributed by atoms with Crippen LogP contribution in [0.15, 0.2) is 53.6 Å². The van der Waals surface area contributed by atoms with Gasteiger partial charge in [0, 0.05) is 5.56 Å². The van der Waals surface area contributed by atoms with Gasteiger partial charge >= 0.3 is 12.5 Å². The molecule has 0 bridgehead atoms. The number of ether oxygens (including phenoxy) is 2. The van der Waals surface area contributed by atoms with Crippen LogP contribution in [0.5, 0.6) is 11.5 Å². The second-order valence-electron chi connectivity index (χ2n) is 5.51. The Bertz CT molecular complexity index is 872. The molecule has 0 atom stereocenters. The van der Waals surface area contributed by atoms with E-state index in [1.54, 1.807) is 24.3 Å². The third-order valence-corrected chi connectivity index (χ3v) is 3.27. The monoisotopic (exact) mass is 413 g/mol. The largest absolute Gasteiger partial charge is 0.484 e. The fourth-order valence-corrected chi connectivity index (χ4v) is 1.91. The number of hydrogen-bond acceptors (Lipinski definition) is 5. The van der Waals surface area contributed by atoms with Crippen molar-refractivity contribution in [1.82, 2.24) is 5.43 Å². The fraction of sp³-hybridized carbons (Fsp3) is 0.167. The van der Waals surface area contributed by atoms with Crippen LogP contribution in [-0.2, 0) is 4.79 Å². The molecule has 0 aliphatic rings. The van der Waals surface area contributed by atoms with Gasteiger partial charge in [-0.25, -0.2) is 5.43 Å². The molecule has 0 fully saturated rings. The van der Waals surface area contributed by atoms with Gasteiger partial charge in [0.05, 0.1) is 6.21 Å². The summed E-state index contributed by atoms with van der Waals surface area (Å²) in [6.07, 6.45) is -7.28. The lowest BCUT2D eigenvalue weighted by atomic mass is 10.2. The zero-order valence-corrected chi connectivity index (χ0v) is 14.7. The number of benzene rings is 2. The number of rotatable bonds is 9. The Morgan fingerprint density at radius 2 is 1.66 bits per heavy atom. The molecule has 0 aromatic heterocycles. The lowest BCUT2D eigenvalue weighted by Gasteiger charge is -2.16. The lowest BCUT2D eigenvalue weighted by Crippen LogP contribution is -2.33. The molecule has 2 amide bonds. The molecule has 29 heavy (non-hydrogen) atoms. The molecule has 2 rings (SSSR count). The highest BCUT2D eigenvalue weighted by Crippen LogP contribution is 2.27. The molecular weight excluding hydrogens is 398 g/mol. The lowest BCUT2D eigenvalue weighted by molar-refractivity contribution is -0.253. The van der Waals surface area contributed by atoms with E-state index in [0.29, 0.717) is 11.3 Å². The minimum absolute atomic E-state index is 0.0464. The van der Waals surface area contributed by atoms with E-state index in [9.17, 15) is 27.2 Å². The van der Waals surface area contributed by atoms with Gasteiger partial charge in [-0.3, -0.25) is 9.59 Å². The molecule has 0 saturated carbocycles. The number of nitrogens with two attached hydrogens (primary N) is 1. The Balaban J connectivity index is 1.89. The van der Waals surface area contributed by atoms with E-state index in [-0.39, 0.29) is 12.2 Å². The molecule has 0 radical (unpaired) electrons. The van der Waals surface area contributed by atoms with Gasteiger partial charge in [-0.05, 0) is 54.1 Å². The number of hydrazone groups is 1. The van der Waals surface area contributed by atoms with Gasteiger partial charge in [-0.15, -0.1) is 0 Å². The van der Waals surface area contributed by atoms with E-state index in [1.807, 2.05) is 0 Å². The molecule has 0 spiro atoms. The van der Waals surface area contributed by atoms with Crippen molar-refractivity contribution >= 4 is 18.0 Å². The summed E-state index contributed by atoms with van der Waals surface area (Å²) in [5.41, 5.74) is 7.83. The van der Waals surface area contributed by atoms with Crippen LogP contribution in [0.1, 0.15) is 15.9 Å². The van der Waals surface area contributed by atoms with Crippen LogP contribution in [0.25, 0.3) is 0 Å². The van der Waals surface area contributed by atoms with E-state index in [1.165, 1.54) is 6.21 Å². The van der Waals surface area contributed by atoms with Gasteiger partial charge in [-0.1, -0.05) is 0 Å². The SMILES string of the molecule is NC(=O)COc1ccc(/C=N\NC(=O)c2ccc(OC(F)(F)C(F)F)cc2)cc1. The molecule has 2 aromatic rings. The standard InChI is InChI=1S/C18H15F4N3O4/c19-17(20)18(21,22)29-14-7-3-12(4-8-14)16(27)25-24-9-11-1-5-13(6-2-11)28-10-15(23)26/h1-9,17H,10H2,(H2,23,26)(H,25,27)/b24-9-. The number of halogens is 4. The van der Waals surface area contributed by atoms with Crippen molar-refractivity contribution in [3.8, 4) is 11.5 Å². The first kappa shape index (κ1) is 21.7. The van der Waals surface area contributed by atoms with Crippen LogP contribution in [0.3, 0.4) is 0 Å². The fourth-order valence-electron chi connectivity index (χ4n) is 1.91. The molecule has 11 heteroatoms. The Hall–Kier alpha value is -3.63. The molecule has 154 valence electrons. The first-order valence-electron chi connectivity index (χ1n) is 7.97. The van der Waals surface area contributed by atoms with Gasteiger partial charge in [0.1, 0.15) is 11.5 Å². The second-order valence-corrected chi connectivity index (χ2v) is 5.51. The number of amides is 2. The average Bonchev–Trinajstić information content (AvgIpc) is 2.67. The number of primary amides is 1. The quantitative estimate of drug-likeness (QED) is 0.375. The Kier molecular flexibility index (Phi) is 7.12. The van der Waals surface area contributed by atoms with Gasteiger partial charge in [0.15, 0.2) is 6.61 Å². The van der Waals surface area contributed by atoms with Crippen LogP contribution in [0.4, 0.5) is 17.6 Å². The molecule has 0 heterocycles. The third kappa shape index (κ3) is 6.79. The summed E-state index contributed by atoms with van der Waals surface area (Å²) >= 11 is 0. The maximum absolute atomic E-state index is 12.8. The summed E-state index contributed by atoms with van der Waals surface area (Å²) in [6.45, 7) is -0.257. The number of nitrogens with one attached hydrogen (secondary N) is 1. The van der Waals surface area contributed by atoms with Crippen molar-refractivity contribution in [2.75, 3.05) is 6.61 Å². The molecule has 0 aliphatic carbocycles. The van der Waals surface area contributed by atoms with Crippen molar-refractivity contribution in [2.24, 2.45) is 10.8 Å². The van der Waals surface area contributed by atoms with Crippen molar-refractivity contribution in [3.05, 3.63) is 59.7 Å². The molecule has 0 saturated heterocycles. The topological polar surface area (TPSA) is 103 Å². The highest BCUT2D eigenvalue weighted by molar-refractivity contribution is 5.95. The predicted molar refractivity (Wildman–Crippen MR) is 94.2 cm³/mol. The minimum atomic E-state index is -4.63. The Morgan fingerprint density at radius 3 is 2.21 bits per heavy atom. The smallest absolute Gasteiger partial charge is 0.461 e. The molecule has 0 unspecified atom stereocenters.